The van der Waals surface area contributed by atoms with Crippen LogP contribution in [0.1, 0.15) is 46.5 Å². The van der Waals surface area contributed by atoms with Gasteiger partial charge in [-0.15, -0.1) is 13.2 Å². The Morgan fingerprint density at radius 2 is 1.78 bits per heavy atom. The summed E-state index contributed by atoms with van der Waals surface area (Å²) in [7, 11) is 0. The van der Waals surface area contributed by atoms with E-state index in [4.69, 9.17) is 0 Å². The summed E-state index contributed by atoms with van der Waals surface area (Å²) in [5.41, 5.74) is 1.06. The fraction of sp³-hybridized carbons (Fsp3) is 0.550. The molecule has 0 aromatic heterocycles. The average molecular weight is 321 g/mol. The number of hydrogen-bond acceptors (Lipinski definition) is 1. The molecule has 1 aliphatic rings. The normalized spacial score (nSPS) is 20.5. The lowest BCUT2D eigenvalue weighted by Crippen LogP contribution is -2.35. The number of carbonyl (C=O) groups excluding carboxylic acids is 1. The third kappa shape index (κ3) is 6.55. The Balaban J connectivity index is 0.00000170. The van der Waals surface area contributed by atoms with E-state index in [1.807, 2.05) is 0 Å². The second-order valence-electron chi connectivity index (χ2n) is 6.52. The molecule has 2 nitrogen and oxygen atoms in total. The van der Waals surface area contributed by atoms with Gasteiger partial charge in [0.25, 0.3) is 0 Å². The lowest BCUT2D eigenvalue weighted by Gasteiger charge is -2.30. The van der Waals surface area contributed by atoms with Crippen molar-refractivity contribution < 1.29 is 10.6 Å². The minimum absolute atomic E-state index is 0. The zero-order valence-corrected chi connectivity index (χ0v) is 14.5. The number of carbonyl (C=O) groups is 1. The molecule has 0 heterocycles. The van der Waals surface area contributed by atoms with Crippen LogP contribution in [0.25, 0.3) is 0 Å². The highest BCUT2D eigenvalue weighted by atomic mass is 19.1. The van der Waals surface area contributed by atoms with Gasteiger partial charge in [0.15, 0.2) is 0 Å². The predicted molar refractivity (Wildman–Crippen MR) is 96.8 cm³/mol. The molecule has 1 aromatic carbocycles. The van der Waals surface area contributed by atoms with Crippen LogP contribution in [-0.4, -0.2) is 12.5 Å². The molecule has 0 aliphatic heterocycles. The Labute approximate surface area is 141 Å². The maximum atomic E-state index is 12.8. The molecule has 0 saturated heterocycles. The first kappa shape index (κ1) is 19.4. The summed E-state index contributed by atoms with van der Waals surface area (Å²) in [4.78, 5) is 12.1. The molecule has 0 radical (unpaired) electrons. The van der Waals surface area contributed by atoms with Crippen molar-refractivity contribution in [1.82, 2.24) is 5.32 Å². The van der Waals surface area contributed by atoms with Crippen LogP contribution in [0, 0.1) is 23.6 Å². The molecular formula is C20H32FNO. The van der Waals surface area contributed by atoms with Crippen LogP contribution in [0.2, 0.25) is 0 Å². The van der Waals surface area contributed by atoms with E-state index >= 15 is 0 Å². The zero-order valence-electron chi connectivity index (χ0n) is 14.5. The summed E-state index contributed by atoms with van der Waals surface area (Å²) >= 11 is 0. The minimum Gasteiger partial charge on any atom is -0.356 e. The van der Waals surface area contributed by atoms with E-state index in [0.29, 0.717) is 6.54 Å². The Morgan fingerprint density at radius 3 is 2.30 bits per heavy atom. The first-order valence-corrected chi connectivity index (χ1v) is 8.58. The van der Waals surface area contributed by atoms with Gasteiger partial charge in [0.1, 0.15) is 5.82 Å². The van der Waals surface area contributed by atoms with Gasteiger partial charge in [0, 0.05) is 13.9 Å². The first-order valence-electron chi connectivity index (χ1n) is 8.58. The van der Waals surface area contributed by atoms with Gasteiger partial charge in [-0.25, -0.2) is 4.39 Å². The molecule has 0 bridgehead atoms. The number of hydrogen-bond donors (Lipinski definition) is 1. The van der Waals surface area contributed by atoms with Gasteiger partial charge in [-0.3, -0.25) is 4.79 Å². The largest absolute Gasteiger partial charge is 0.356 e. The van der Waals surface area contributed by atoms with Crippen LogP contribution in [-0.2, 0) is 11.2 Å². The Hall–Kier alpha value is -1.64. The van der Waals surface area contributed by atoms with E-state index in [2.05, 4.69) is 32.3 Å². The smallest absolute Gasteiger partial charge is 0.223 e. The molecule has 0 unspecified atom stereocenters. The highest BCUT2D eigenvalue weighted by Gasteiger charge is 2.27. The molecule has 0 atom stereocenters. The molecule has 2 rings (SSSR count). The maximum absolute atomic E-state index is 12.8. The molecule has 130 valence electrons. The molecule has 1 fully saturated rings. The Kier molecular flexibility index (Phi) is 8.60. The van der Waals surface area contributed by atoms with Crippen LogP contribution < -0.4 is 5.32 Å². The Bertz CT molecular complexity index is 467. The van der Waals surface area contributed by atoms with Crippen molar-refractivity contribution in [3.05, 3.63) is 48.8 Å². The summed E-state index contributed by atoms with van der Waals surface area (Å²) in [5.74, 6) is 1.68. The van der Waals surface area contributed by atoms with Crippen molar-refractivity contribution in [3.8, 4) is 0 Å². The molecular weight excluding hydrogens is 289 g/mol. The van der Waals surface area contributed by atoms with Gasteiger partial charge < -0.3 is 5.32 Å². The third-order valence-electron chi connectivity index (χ3n) is 4.71. The molecule has 3 heteroatoms. The fourth-order valence-electron chi connectivity index (χ4n) is 3.17. The topological polar surface area (TPSA) is 29.1 Å². The van der Waals surface area contributed by atoms with Crippen molar-refractivity contribution in [2.24, 2.45) is 17.8 Å². The molecule has 1 N–H and O–H groups in total. The van der Waals surface area contributed by atoms with Gasteiger partial charge in [0.2, 0.25) is 5.91 Å². The summed E-state index contributed by atoms with van der Waals surface area (Å²) < 4.78 is 12.8. The van der Waals surface area contributed by atoms with Crippen molar-refractivity contribution in [2.45, 2.75) is 46.0 Å². The molecule has 1 aliphatic carbocycles. The van der Waals surface area contributed by atoms with Gasteiger partial charge in [-0.1, -0.05) is 26.0 Å². The van der Waals surface area contributed by atoms with E-state index in [9.17, 15) is 9.18 Å². The van der Waals surface area contributed by atoms with Crippen LogP contribution in [0.4, 0.5) is 4.39 Å². The highest BCUT2D eigenvalue weighted by molar-refractivity contribution is 5.78. The minimum atomic E-state index is -0.218. The number of nitrogens with one attached hydrogen (secondary N) is 1. The molecule has 1 aromatic rings. The second kappa shape index (κ2) is 10.2. The number of halogens is 1. The van der Waals surface area contributed by atoms with Crippen LogP contribution in [0.5, 0.6) is 0 Å². The monoisotopic (exact) mass is 321 g/mol. The van der Waals surface area contributed by atoms with Crippen molar-refractivity contribution in [1.29, 1.82) is 0 Å². The van der Waals surface area contributed by atoms with E-state index in [0.717, 1.165) is 36.7 Å². The standard InChI is InChI=1S/C18H26FNO.C2H4.H2/c1-13(2)15-5-7-16(8-6-15)18(21)20-12-11-14-3-9-17(19)10-4-14;1-2;/h3-4,9-10,13,15-16H,5-8,11-12H2,1-2H3,(H,20,21);1-2H2;1H. The molecule has 1 saturated carbocycles. The molecule has 1 amide bonds. The lowest BCUT2D eigenvalue weighted by atomic mass is 9.77. The summed E-state index contributed by atoms with van der Waals surface area (Å²) in [6.07, 6.45) is 5.14. The Morgan fingerprint density at radius 1 is 1.22 bits per heavy atom. The number of benzene rings is 1. The second-order valence-corrected chi connectivity index (χ2v) is 6.52. The fourth-order valence-corrected chi connectivity index (χ4v) is 3.17. The zero-order chi connectivity index (χ0) is 17.2. The lowest BCUT2D eigenvalue weighted by molar-refractivity contribution is -0.126. The summed E-state index contributed by atoms with van der Waals surface area (Å²) in [6, 6.07) is 6.47. The maximum Gasteiger partial charge on any atom is 0.223 e. The number of rotatable bonds is 5. The predicted octanol–water partition coefficient (Wildman–Crippen LogP) is 5.00. The quantitative estimate of drug-likeness (QED) is 0.760. The van der Waals surface area contributed by atoms with Gasteiger partial charge in [-0.05, 0) is 61.6 Å². The highest BCUT2D eigenvalue weighted by Crippen LogP contribution is 2.33. The summed E-state index contributed by atoms with van der Waals surface area (Å²) in [6.45, 7) is 11.2. The van der Waals surface area contributed by atoms with Gasteiger partial charge >= 0.3 is 0 Å². The van der Waals surface area contributed by atoms with Crippen LogP contribution >= 0.6 is 0 Å². The van der Waals surface area contributed by atoms with Crippen molar-refractivity contribution in [3.63, 3.8) is 0 Å². The number of amides is 1. The first-order chi connectivity index (χ1) is 11.1. The van der Waals surface area contributed by atoms with Crippen LogP contribution in [0.3, 0.4) is 0 Å². The van der Waals surface area contributed by atoms with Crippen molar-refractivity contribution >= 4 is 5.91 Å². The third-order valence-corrected chi connectivity index (χ3v) is 4.71. The van der Waals surface area contributed by atoms with Crippen molar-refractivity contribution in [2.75, 3.05) is 6.54 Å². The SMILES string of the molecule is C=C.CC(C)C1CCC(C(=O)NCCc2ccc(F)cc2)CC1.[HH]. The van der Waals surface area contributed by atoms with Crippen LogP contribution in [0.15, 0.2) is 37.4 Å². The van der Waals surface area contributed by atoms with E-state index in [-0.39, 0.29) is 19.1 Å². The van der Waals surface area contributed by atoms with E-state index < -0.39 is 0 Å². The van der Waals surface area contributed by atoms with E-state index in [1.165, 1.54) is 25.0 Å². The molecule has 0 spiro atoms. The average Bonchev–Trinajstić information content (AvgIpc) is 2.58. The summed E-state index contributed by atoms with van der Waals surface area (Å²) in [5, 5.41) is 3.03. The van der Waals surface area contributed by atoms with Gasteiger partial charge in [-0.2, -0.15) is 0 Å². The van der Waals surface area contributed by atoms with Gasteiger partial charge in [0.05, 0.1) is 0 Å². The molecule has 23 heavy (non-hydrogen) atoms. The van der Waals surface area contributed by atoms with E-state index in [1.54, 1.807) is 12.1 Å².